The van der Waals surface area contributed by atoms with Crippen LogP contribution in [0.3, 0.4) is 0 Å². The molecular formula is C21H23N3O3S. The molecule has 0 bridgehead atoms. The Balaban J connectivity index is 1.94. The van der Waals surface area contributed by atoms with Crippen LogP contribution < -0.4 is 15.0 Å². The van der Waals surface area contributed by atoms with Crippen molar-refractivity contribution in [2.75, 3.05) is 13.2 Å². The summed E-state index contributed by atoms with van der Waals surface area (Å²) in [6, 6.07) is 12.7. The van der Waals surface area contributed by atoms with Crippen molar-refractivity contribution in [3.8, 4) is 11.5 Å². The van der Waals surface area contributed by atoms with Gasteiger partial charge in [-0.05, 0) is 61.0 Å². The third kappa shape index (κ3) is 4.48. The van der Waals surface area contributed by atoms with Crippen LogP contribution in [0.2, 0.25) is 0 Å². The molecule has 0 saturated heterocycles. The zero-order valence-electron chi connectivity index (χ0n) is 16.1. The lowest BCUT2D eigenvalue weighted by Gasteiger charge is -2.13. The predicted octanol–water partition coefficient (Wildman–Crippen LogP) is 4.37. The smallest absolute Gasteiger partial charge is 0.282 e. The van der Waals surface area contributed by atoms with Gasteiger partial charge in [-0.2, -0.15) is 9.78 Å². The van der Waals surface area contributed by atoms with Gasteiger partial charge in [-0.15, -0.1) is 0 Å². The molecule has 6 nitrogen and oxygen atoms in total. The molecule has 0 amide bonds. The van der Waals surface area contributed by atoms with Crippen molar-refractivity contribution >= 4 is 29.3 Å². The van der Waals surface area contributed by atoms with Gasteiger partial charge < -0.3 is 14.5 Å². The standard InChI is InChI=1S/C21H23N3O3S/c1-4-26-19-11-15(9-10-18(19)27-13-14(2)3)12-22-24-20(25)16-7-5-6-8-17(16)23-21(24)28/h5-12,14H,4,13H2,1-3H3,(H,23,28)/b22-12-. The van der Waals surface area contributed by atoms with E-state index in [0.717, 1.165) is 5.56 Å². The lowest BCUT2D eigenvalue weighted by Crippen LogP contribution is -2.18. The number of fused-ring (bicyclic) bond motifs is 1. The van der Waals surface area contributed by atoms with E-state index in [-0.39, 0.29) is 10.3 Å². The number of H-pyrrole nitrogens is 1. The fraction of sp³-hybridized carbons (Fsp3) is 0.286. The number of ether oxygens (including phenoxy) is 2. The van der Waals surface area contributed by atoms with Gasteiger partial charge >= 0.3 is 0 Å². The molecule has 3 aromatic rings. The molecule has 0 spiro atoms. The Hall–Kier alpha value is -2.93. The van der Waals surface area contributed by atoms with Gasteiger partial charge in [0.2, 0.25) is 4.77 Å². The average Bonchev–Trinajstić information content (AvgIpc) is 2.67. The largest absolute Gasteiger partial charge is 0.490 e. The highest BCUT2D eigenvalue weighted by atomic mass is 32.1. The van der Waals surface area contributed by atoms with Crippen LogP contribution in [-0.4, -0.2) is 29.1 Å². The molecule has 1 heterocycles. The molecule has 1 N–H and O–H groups in total. The second-order valence-corrected chi connectivity index (χ2v) is 7.07. The Morgan fingerprint density at radius 1 is 1.18 bits per heavy atom. The van der Waals surface area contributed by atoms with E-state index in [9.17, 15) is 4.79 Å². The monoisotopic (exact) mass is 397 g/mol. The summed E-state index contributed by atoms with van der Waals surface area (Å²) in [6.45, 7) is 7.22. The highest BCUT2D eigenvalue weighted by Crippen LogP contribution is 2.28. The van der Waals surface area contributed by atoms with Crippen LogP contribution in [0.1, 0.15) is 26.3 Å². The minimum absolute atomic E-state index is 0.238. The predicted molar refractivity (Wildman–Crippen MR) is 114 cm³/mol. The molecule has 0 radical (unpaired) electrons. The Morgan fingerprint density at radius 3 is 2.71 bits per heavy atom. The minimum atomic E-state index is -0.266. The molecule has 0 fully saturated rings. The molecule has 2 aromatic carbocycles. The van der Waals surface area contributed by atoms with Crippen molar-refractivity contribution in [2.24, 2.45) is 11.0 Å². The van der Waals surface area contributed by atoms with E-state index in [2.05, 4.69) is 23.9 Å². The van der Waals surface area contributed by atoms with E-state index in [0.29, 0.717) is 41.5 Å². The number of hydrogen-bond donors (Lipinski definition) is 1. The lowest BCUT2D eigenvalue weighted by molar-refractivity contribution is 0.248. The molecule has 146 valence electrons. The van der Waals surface area contributed by atoms with Gasteiger partial charge in [0.1, 0.15) is 0 Å². The van der Waals surface area contributed by atoms with Crippen LogP contribution in [0.5, 0.6) is 11.5 Å². The lowest BCUT2D eigenvalue weighted by atomic mass is 10.2. The van der Waals surface area contributed by atoms with Gasteiger partial charge in [0.25, 0.3) is 5.56 Å². The first-order valence-electron chi connectivity index (χ1n) is 9.17. The maximum absolute atomic E-state index is 12.7. The molecule has 7 heteroatoms. The number of aromatic nitrogens is 2. The first-order chi connectivity index (χ1) is 13.5. The molecule has 0 aliphatic rings. The zero-order chi connectivity index (χ0) is 20.1. The molecular weight excluding hydrogens is 374 g/mol. The maximum Gasteiger partial charge on any atom is 0.282 e. The van der Waals surface area contributed by atoms with Crippen LogP contribution in [0, 0.1) is 10.7 Å². The van der Waals surface area contributed by atoms with Gasteiger partial charge in [0.05, 0.1) is 30.3 Å². The number of para-hydroxylation sites is 1. The van der Waals surface area contributed by atoms with E-state index in [1.807, 2.05) is 37.3 Å². The molecule has 0 atom stereocenters. The fourth-order valence-corrected chi connectivity index (χ4v) is 2.87. The summed E-state index contributed by atoms with van der Waals surface area (Å²) in [5.41, 5.74) is 1.20. The van der Waals surface area contributed by atoms with Crippen LogP contribution in [0.25, 0.3) is 10.9 Å². The molecule has 0 aliphatic carbocycles. The Labute approximate surface area is 168 Å². The van der Waals surface area contributed by atoms with Crippen molar-refractivity contribution < 1.29 is 9.47 Å². The minimum Gasteiger partial charge on any atom is -0.490 e. The quantitative estimate of drug-likeness (QED) is 0.475. The molecule has 1 aromatic heterocycles. The number of nitrogens with zero attached hydrogens (tertiary/aromatic N) is 2. The summed E-state index contributed by atoms with van der Waals surface area (Å²) in [6.07, 6.45) is 1.58. The molecule has 0 unspecified atom stereocenters. The maximum atomic E-state index is 12.7. The SMILES string of the molecule is CCOc1cc(/C=N\n2c(=S)[nH]c3ccccc3c2=O)ccc1OCC(C)C. The van der Waals surface area contributed by atoms with E-state index >= 15 is 0 Å². The van der Waals surface area contributed by atoms with Crippen molar-refractivity contribution in [1.29, 1.82) is 0 Å². The van der Waals surface area contributed by atoms with Crippen LogP contribution >= 0.6 is 12.2 Å². The number of hydrogen-bond acceptors (Lipinski definition) is 5. The van der Waals surface area contributed by atoms with Gasteiger partial charge in [-0.3, -0.25) is 4.79 Å². The van der Waals surface area contributed by atoms with Crippen LogP contribution in [0.4, 0.5) is 0 Å². The molecule has 0 saturated carbocycles. The van der Waals surface area contributed by atoms with Gasteiger partial charge in [-0.1, -0.05) is 26.0 Å². The number of benzene rings is 2. The third-order valence-corrected chi connectivity index (χ3v) is 4.22. The van der Waals surface area contributed by atoms with Crippen LogP contribution in [0.15, 0.2) is 52.4 Å². The molecule has 3 rings (SSSR count). The number of rotatable bonds is 7. The Kier molecular flexibility index (Phi) is 6.26. The summed E-state index contributed by atoms with van der Waals surface area (Å²) >= 11 is 5.28. The average molecular weight is 398 g/mol. The molecule has 28 heavy (non-hydrogen) atoms. The van der Waals surface area contributed by atoms with E-state index in [4.69, 9.17) is 21.7 Å². The van der Waals surface area contributed by atoms with E-state index in [1.54, 1.807) is 18.3 Å². The zero-order valence-corrected chi connectivity index (χ0v) is 17.0. The van der Waals surface area contributed by atoms with E-state index in [1.165, 1.54) is 4.68 Å². The topological polar surface area (TPSA) is 68.6 Å². The number of nitrogens with one attached hydrogen (secondary N) is 1. The van der Waals surface area contributed by atoms with Gasteiger partial charge in [0, 0.05) is 0 Å². The summed E-state index contributed by atoms with van der Waals surface area (Å²) in [7, 11) is 0. The highest BCUT2D eigenvalue weighted by molar-refractivity contribution is 7.71. The van der Waals surface area contributed by atoms with E-state index < -0.39 is 0 Å². The summed E-state index contributed by atoms with van der Waals surface area (Å²) in [4.78, 5) is 15.7. The third-order valence-electron chi connectivity index (χ3n) is 3.95. The van der Waals surface area contributed by atoms with Crippen molar-refractivity contribution in [3.63, 3.8) is 0 Å². The second-order valence-electron chi connectivity index (χ2n) is 6.68. The van der Waals surface area contributed by atoms with Gasteiger partial charge in [-0.25, -0.2) is 0 Å². The Bertz CT molecular complexity index is 1120. The van der Waals surface area contributed by atoms with Crippen molar-refractivity contribution in [2.45, 2.75) is 20.8 Å². The summed E-state index contributed by atoms with van der Waals surface area (Å²) in [5, 5.41) is 4.81. The normalized spacial score (nSPS) is 11.4. The Morgan fingerprint density at radius 2 is 1.96 bits per heavy atom. The summed E-state index contributed by atoms with van der Waals surface area (Å²) in [5.74, 6) is 1.74. The number of aromatic amines is 1. The molecule has 0 aliphatic heterocycles. The highest BCUT2D eigenvalue weighted by Gasteiger charge is 2.08. The second kappa shape index (κ2) is 8.84. The first kappa shape index (κ1) is 19.8. The fourth-order valence-electron chi connectivity index (χ4n) is 2.63. The van der Waals surface area contributed by atoms with Gasteiger partial charge in [0.15, 0.2) is 11.5 Å². The van der Waals surface area contributed by atoms with Crippen molar-refractivity contribution in [3.05, 3.63) is 63.2 Å². The summed E-state index contributed by atoms with van der Waals surface area (Å²) < 4.78 is 12.9. The first-order valence-corrected chi connectivity index (χ1v) is 9.58. The van der Waals surface area contributed by atoms with Crippen LogP contribution in [-0.2, 0) is 0 Å². The van der Waals surface area contributed by atoms with Crippen molar-refractivity contribution in [1.82, 2.24) is 9.66 Å².